The Morgan fingerprint density at radius 1 is 1.08 bits per heavy atom. The number of hydrogen-bond acceptors (Lipinski definition) is 7. The molecule has 2 aromatic heterocycles. The minimum absolute atomic E-state index is 0.252. The van der Waals surface area contributed by atoms with Gasteiger partial charge in [0.2, 0.25) is 0 Å². The number of anilines is 4. The molecule has 0 spiro atoms. The molecule has 0 aliphatic heterocycles. The first kappa shape index (κ1) is 18.6. The van der Waals surface area contributed by atoms with Crippen molar-refractivity contribution in [1.82, 2.24) is 10.2 Å². The van der Waals surface area contributed by atoms with E-state index in [-0.39, 0.29) is 4.21 Å². The Balaban J connectivity index is 1.72. The molecule has 0 saturated carbocycles. The van der Waals surface area contributed by atoms with E-state index in [0.717, 1.165) is 26.5 Å². The van der Waals surface area contributed by atoms with Crippen molar-refractivity contribution >= 4 is 60.2 Å². The Kier molecular flexibility index (Phi) is 5.44. The maximum Gasteiger partial charge on any atom is 0.271 e. The Hall–Kier alpha value is -2.17. The number of halogens is 1. The first-order valence-electron chi connectivity index (χ1n) is 7.49. The number of rotatable bonds is 6. The van der Waals surface area contributed by atoms with E-state index in [2.05, 4.69) is 36.2 Å². The van der Waals surface area contributed by atoms with Gasteiger partial charge in [0.1, 0.15) is 4.21 Å². The van der Waals surface area contributed by atoms with Crippen molar-refractivity contribution in [2.45, 2.75) is 4.21 Å². The summed E-state index contributed by atoms with van der Waals surface area (Å²) in [6.07, 6.45) is 1.67. The molecule has 3 aromatic rings. The lowest BCUT2D eigenvalue weighted by atomic mass is 10.3. The van der Waals surface area contributed by atoms with Crippen LogP contribution in [-0.2, 0) is 10.0 Å². The topological polar surface area (TPSA) is 87.2 Å². The summed E-state index contributed by atoms with van der Waals surface area (Å²) in [4.78, 5) is 1.93. The third-order valence-corrected chi connectivity index (χ3v) is 6.88. The van der Waals surface area contributed by atoms with Crippen molar-refractivity contribution in [3.8, 4) is 0 Å². The molecular formula is C16H16BrN5O2S2. The van der Waals surface area contributed by atoms with Crippen LogP contribution < -0.4 is 14.9 Å². The average Bonchev–Trinajstić information content (AvgIpc) is 3.04. The van der Waals surface area contributed by atoms with Crippen molar-refractivity contribution in [3.05, 3.63) is 52.4 Å². The predicted molar refractivity (Wildman–Crippen MR) is 109 cm³/mol. The number of nitrogens with zero attached hydrogens (tertiary/aromatic N) is 3. The zero-order valence-corrected chi connectivity index (χ0v) is 17.2. The van der Waals surface area contributed by atoms with Gasteiger partial charge in [-0.3, -0.25) is 4.72 Å². The van der Waals surface area contributed by atoms with E-state index in [1.165, 1.54) is 0 Å². The summed E-state index contributed by atoms with van der Waals surface area (Å²) in [6.45, 7) is 0. The van der Waals surface area contributed by atoms with Crippen LogP contribution in [0.5, 0.6) is 0 Å². The van der Waals surface area contributed by atoms with E-state index >= 15 is 0 Å². The monoisotopic (exact) mass is 453 g/mol. The minimum Gasteiger partial charge on any atom is -0.376 e. The number of sulfonamides is 1. The average molecular weight is 454 g/mol. The van der Waals surface area contributed by atoms with Crippen molar-refractivity contribution < 1.29 is 8.42 Å². The van der Waals surface area contributed by atoms with Crippen LogP contribution in [0.25, 0.3) is 0 Å². The molecule has 0 atom stereocenters. The van der Waals surface area contributed by atoms with Gasteiger partial charge in [-0.25, -0.2) is 8.42 Å². The lowest BCUT2D eigenvalue weighted by Crippen LogP contribution is -2.11. The van der Waals surface area contributed by atoms with Gasteiger partial charge in [0.15, 0.2) is 5.82 Å². The molecule has 10 heteroatoms. The Morgan fingerprint density at radius 2 is 1.77 bits per heavy atom. The van der Waals surface area contributed by atoms with Crippen molar-refractivity contribution in [2.24, 2.45) is 0 Å². The SMILES string of the molecule is CN(C)c1cnnc(Nc2ccc(NS(=O)(=O)c3ccc(Br)s3)cc2)c1. The molecule has 0 bridgehead atoms. The third-order valence-electron chi connectivity index (χ3n) is 3.38. The van der Waals surface area contributed by atoms with E-state index in [9.17, 15) is 8.42 Å². The van der Waals surface area contributed by atoms with Gasteiger partial charge < -0.3 is 10.2 Å². The van der Waals surface area contributed by atoms with E-state index in [0.29, 0.717) is 11.5 Å². The van der Waals surface area contributed by atoms with Crippen LogP contribution in [0, 0.1) is 0 Å². The fourth-order valence-electron chi connectivity index (χ4n) is 2.08. The minimum atomic E-state index is -3.59. The fourth-order valence-corrected chi connectivity index (χ4v) is 5.15. The molecule has 0 fully saturated rings. The second-order valence-corrected chi connectivity index (χ2v) is 9.93. The van der Waals surface area contributed by atoms with Crippen LogP contribution in [0.4, 0.5) is 22.9 Å². The van der Waals surface area contributed by atoms with Crippen molar-refractivity contribution in [2.75, 3.05) is 29.0 Å². The summed E-state index contributed by atoms with van der Waals surface area (Å²) >= 11 is 4.43. The summed E-state index contributed by atoms with van der Waals surface area (Å²) in [6, 6.07) is 12.0. The summed E-state index contributed by atoms with van der Waals surface area (Å²) in [5.41, 5.74) is 2.18. The van der Waals surface area contributed by atoms with Crippen LogP contribution in [0.1, 0.15) is 0 Å². The Bertz CT molecular complexity index is 1000. The molecule has 2 heterocycles. The van der Waals surface area contributed by atoms with Crippen molar-refractivity contribution in [3.63, 3.8) is 0 Å². The maximum atomic E-state index is 12.3. The molecule has 0 saturated heterocycles. The highest BCUT2D eigenvalue weighted by molar-refractivity contribution is 9.11. The van der Waals surface area contributed by atoms with Gasteiger partial charge >= 0.3 is 0 Å². The van der Waals surface area contributed by atoms with E-state index in [4.69, 9.17) is 0 Å². The number of thiophene rings is 1. The van der Waals surface area contributed by atoms with Gasteiger partial charge in [-0.05, 0) is 52.3 Å². The summed E-state index contributed by atoms with van der Waals surface area (Å²) in [5, 5.41) is 11.1. The van der Waals surface area contributed by atoms with Gasteiger partial charge in [-0.15, -0.1) is 16.4 Å². The van der Waals surface area contributed by atoms with Crippen LogP contribution in [-0.4, -0.2) is 32.7 Å². The van der Waals surface area contributed by atoms with Crippen molar-refractivity contribution in [1.29, 1.82) is 0 Å². The normalized spacial score (nSPS) is 11.2. The van der Waals surface area contributed by atoms with Gasteiger partial charge in [0.05, 0.1) is 15.7 Å². The standard InChI is InChI=1S/C16H16BrN5O2S2/c1-22(2)13-9-15(20-18-10-13)19-11-3-5-12(6-4-11)21-26(23,24)16-8-7-14(17)25-16/h3-10,21H,1-2H3,(H,19,20). The molecule has 0 amide bonds. The zero-order valence-electron chi connectivity index (χ0n) is 14.0. The second-order valence-electron chi connectivity index (χ2n) is 5.56. The van der Waals surface area contributed by atoms with Crippen LogP contribution in [0.2, 0.25) is 0 Å². The summed E-state index contributed by atoms with van der Waals surface area (Å²) in [5.74, 6) is 0.605. The van der Waals surface area contributed by atoms with Gasteiger partial charge in [-0.2, -0.15) is 5.10 Å². The maximum absolute atomic E-state index is 12.3. The second kappa shape index (κ2) is 7.60. The molecule has 3 rings (SSSR count). The van der Waals surface area contributed by atoms with Gasteiger partial charge in [-0.1, -0.05) is 0 Å². The lowest BCUT2D eigenvalue weighted by molar-refractivity contribution is 0.603. The van der Waals surface area contributed by atoms with E-state index in [1.807, 2.05) is 25.1 Å². The summed E-state index contributed by atoms with van der Waals surface area (Å²) < 4.78 is 28.2. The molecule has 1 aromatic carbocycles. The Labute approximate surface area is 164 Å². The van der Waals surface area contributed by atoms with Crippen LogP contribution in [0.15, 0.2) is 56.7 Å². The van der Waals surface area contributed by atoms with E-state index in [1.54, 1.807) is 42.6 Å². The summed E-state index contributed by atoms with van der Waals surface area (Å²) in [7, 11) is 0.260. The molecule has 0 aliphatic carbocycles. The molecule has 2 N–H and O–H groups in total. The van der Waals surface area contributed by atoms with Gasteiger partial charge in [0, 0.05) is 31.5 Å². The largest absolute Gasteiger partial charge is 0.376 e. The molecule has 0 unspecified atom stereocenters. The number of hydrogen-bond donors (Lipinski definition) is 2. The zero-order chi connectivity index (χ0) is 18.7. The highest BCUT2D eigenvalue weighted by Gasteiger charge is 2.16. The van der Waals surface area contributed by atoms with E-state index < -0.39 is 10.0 Å². The Morgan fingerprint density at radius 3 is 2.38 bits per heavy atom. The van der Waals surface area contributed by atoms with Gasteiger partial charge in [0.25, 0.3) is 10.0 Å². The first-order valence-corrected chi connectivity index (χ1v) is 10.6. The number of benzene rings is 1. The molecule has 0 radical (unpaired) electrons. The number of aromatic nitrogens is 2. The molecule has 7 nitrogen and oxygen atoms in total. The molecule has 0 aliphatic rings. The van der Waals surface area contributed by atoms with Crippen LogP contribution >= 0.6 is 27.3 Å². The lowest BCUT2D eigenvalue weighted by Gasteiger charge is -2.13. The molecular weight excluding hydrogens is 438 g/mol. The fraction of sp³-hybridized carbons (Fsp3) is 0.125. The highest BCUT2D eigenvalue weighted by Crippen LogP contribution is 2.28. The van der Waals surface area contributed by atoms with Crippen LogP contribution in [0.3, 0.4) is 0 Å². The smallest absolute Gasteiger partial charge is 0.271 e. The third kappa shape index (κ3) is 4.51. The predicted octanol–water partition coefficient (Wildman–Crippen LogP) is 3.91. The molecule has 26 heavy (non-hydrogen) atoms. The molecule has 136 valence electrons. The first-order chi connectivity index (χ1) is 12.3. The number of nitrogens with one attached hydrogen (secondary N) is 2. The highest BCUT2D eigenvalue weighted by atomic mass is 79.9. The quantitative estimate of drug-likeness (QED) is 0.588.